The Hall–Kier alpha value is -2.20. The highest BCUT2D eigenvalue weighted by atomic mass is 16.5. The fraction of sp³-hybridized carbons (Fsp3) is 0.250. The van der Waals surface area contributed by atoms with Crippen LogP contribution >= 0.6 is 0 Å². The molecule has 0 aliphatic carbocycles. The number of hydrogen-bond donors (Lipinski definition) is 0. The van der Waals surface area contributed by atoms with Gasteiger partial charge in [-0.3, -0.25) is 4.79 Å². The number of aldehydes is 1. The van der Waals surface area contributed by atoms with E-state index in [0.717, 1.165) is 11.8 Å². The molecule has 0 saturated heterocycles. The van der Waals surface area contributed by atoms with Crippen LogP contribution in [-0.4, -0.2) is 35.8 Å². The molecule has 1 aromatic carbocycles. The van der Waals surface area contributed by atoms with E-state index >= 15 is 0 Å². The Morgan fingerprint density at radius 1 is 1.30 bits per heavy atom. The Balaban J connectivity index is 2.06. The van der Waals surface area contributed by atoms with Gasteiger partial charge in [-0.1, -0.05) is 36.4 Å². The summed E-state index contributed by atoms with van der Waals surface area (Å²) >= 11 is 0. The second kappa shape index (κ2) is 6.82. The third-order valence-corrected chi connectivity index (χ3v) is 3.16. The number of benzene rings is 1. The highest BCUT2D eigenvalue weighted by molar-refractivity contribution is 5.91. The van der Waals surface area contributed by atoms with Crippen LogP contribution in [-0.2, 0) is 20.9 Å². The zero-order chi connectivity index (χ0) is 14.4. The normalized spacial score (nSPS) is 21.8. The molecule has 1 aliphatic rings. The number of carbonyl (C=O) groups is 2. The molecule has 104 valence electrons. The van der Waals surface area contributed by atoms with Gasteiger partial charge in [-0.25, -0.2) is 0 Å². The van der Waals surface area contributed by atoms with Crippen molar-refractivity contribution in [3.63, 3.8) is 0 Å². The van der Waals surface area contributed by atoms with Crippen molar-refractivity contribution in [3.8, 4) is 0 Å². The maximum Gasteiger partial charge on any atom is 0.247 e. The number of nitrogens with zero attached hydrogens (tertiary/aromatic N) is 1. The predicted molar refractivity (Wildman–Crippen MR) is 75.9 cm³/mol. The number of ether oxygens (including phenoxy) is 1. The van der Waals surface area contributed by atoms with E-state index in [4.69, 9.17) is 4.74 Å². The summed E-state index contributed by atoms with van der Waals surface area (Å²) in [7, 11) is 0. The van der Waals surface area contributed by atoms with E-state index in [0.29, 0.717) is 13.2 Å². The van der Waals surface area contributed by atoms with E-state index in [1.54, 1.807) is 12.2 Å². The monoisotopic (exact) mass is 271 g/mol. The van der Waals surface area contributed by atoms with Crippen molar-refractivity contribution in [2.75, 3.05) is 6.54 Å². The van der Waals surface area contributed by atoms with E-state index in [9.17, 15) is 9.59 Å². The molecule has 2 rings (SSSR count). The number of carbonyl (C=O) groups excluding carboxylic acids is 2. The van der Waals surface area contributed by atoms with Gasteiger partial charge in [-0.15, -0.1) is 6.58 Å². The van der Waals surface area contributed by atoms with Gasteiger partial charge in [0.05, 0.1) is 6.61 Å². The summed E-state index contributed by atoms with van der Waals surface area (Å²) in [6.45, 7) is 4.33. The van der Waals surface area contributed by atoms with Crippen LogP contribution in [0, 0.1) is 0 Å². The van der Waals surface area contributed by atoms with Crippen molar-refractivity contribution in [1.29, 1.82) is 0 Å². The van der Waals surface area contributed by atoms with Crippen LogP contribution in [0.1, 0.15) is 5.56 Å². The molecule has 0 saturated carbocycles. The lowest BCUT2D eigenvalue weighted by Crippen LogP contribution is -2.50. The summed E-state index contributed by atoms with van der Waals surface area (Å²) in [4.78, 5) is 24.5. The van der Waals surface area contributed by atoms with Gasteiger partial charge in [0.25, 0.3) is 0 Å². The molecule has 0 radical (unpaired) electrons. The highest BCUT2D eigenvalue weighted by Crippen LogP contribution is 2.16. The first kappa shape index (κ1) is 14.2. The third-order valence-electron chi connectivity index (χ3n) is 3.16. The van der Waals surface area contributed by atoms with Crippen LogP contribution in [0.4, 0.5) is 0 Å². The van der Waals surface area contributed by atoms with Gasteiger partial charge in [0, 0.05) is 12.6 Å². The minimum atomic E-state index is -0.603. The second-order valence-electron chi connectivity index (χ2n) is 4.53. The van der Waals surface area contributed by atoms with Gasteiger partial charge in [0.1, 0.15) is 18.4 Å². The van der Waals surface area contributed by atoms with Crippen LogP contribution in [0.3, 0.4) is 0 Å². The van der Waals surface area contributed by atoms with Gasteiger partial charge in [-0.05, 0) is 11.6 Å². The molecular weight excluding hydrogens is 254 g/mol. The van der Waals surface area contributed by atoms with Crippen molar-refractivity contribution in [1.82, 2.24) is 4.90 Å². The van der Waals surface area contributed by atoms with Gasteiger partial charge < -0.3 is 14.4 Å². The molecule has 1 aliphatic heterocycles. The molecule has 0 unspecified atom stereocenters. The molecule has 1 aromatic rings. The summed E-state index contributed by atoms with van der Waals surface area (Å²) in [5.41, 5.74) is 1.03. The van der Waals surface area contributed by atoms with Gasteiger partial charge >= 0.3 is 0 Å². The fourth-order valence-electron chi connectivity index (χ4n) is 2.13. The van der Waals surface area contributed by atoms with E-state index in [1.807, 2.05) is 30.3 Å². The third kappa shape index (κ3) is 3.22. The summed E-state index contributed by atoms with van der Waals surface area (Å²) in [5.74, 6) is -0.193. The summed E-state index contributed by atoms with van der Waals surface area (Å²) < 4.78 is 5.75. The standard InChI is InChI=1S/C16H17NO3/c1-2-10-17-14(11-18)15(8-9-16(17)19)20-12-13-6-4-3-5-7-13/h2-9,11,14-15H,1,10,12H2/t14-,15-/m0/s1. The zero-order valence-corrected chi connectivity index (χ0v) is 11.1. The summed E-state index contributed by atoms with van der Waals surface area (Å²) in [5, 5.41) is 0. The SMILES string of the molecule is C=CCN1C(=O)C=C[C@H](OCc2ccccc2)[C@@H]1C=O. The topological polar surface area (TPSA) is 46.6 Å². The molecule has 0 bridgehead atoms. The molecule has 0 fully saturated rings. The van der Waals surface area contributed by atoms with E-state index in [-0.39, 0.29) is 5.91 Å². The molecule has 1 amide bonds. The maximum atomic E-state index is 11.8. The Morgan fingerprint density at radius 2 is 2.05 bits per heavy atom. The lowest BCUT2D eigenvalue weighted by molar-refractivity contribution is -0.137. The zero-order valence-electron chi connectivity index (χ0n) is 11.1. The van der Waals surface area contributed by atoms with Crippen molar-refractivity contribution in [3.05, 3.63) is 60.7 Å². The molecule has 1 heterocycles. The van der Waals surface area contributed by atoms with E-state index in [1.165, 1.54) is 11.0 Å². The van der Waals surface area contributed by atoms with Crippen LogP contribution in [0.2, 0.25) is 0 Å². The van der Waals surface area contributed by atoms with Gasteiger partial charge in [-0.2, -0.15) is 0 Å². The highest BCUT2D eigenvalue weighted by Gasteiger charge is 2.31. The van der Waals surface area contributed by atoms with Crippen LogP contribution in [0.5, 0.6) is 0 Å². The fourth-order valence-corrected chi connectivity index (χ4v) is 2.13. The van der Waals surface area contributed by atoms with E-state index < -0.39 is 12.1 Å². The smallest absolute Gasteiger partial charge is 0.247 e. The largest absolute Gasteiger partial charge is 0.367 e. The number of rotatable bonds is 6. The first-order valence-electron chi connectivity index (χ1n) is 6.46. The molecule has 20 heavy (non-hydrogen) atoms. The van der Waals surface area contributed by atoms with E-state index in [2.05, 4.69) is 6.58 Å². The summed E-state index contributed by atoms with van der Waals surface area (Å²) in [6.07, 6.45) is 5.01. The first-order valence-corrected chi connectivity index (χ1v) is 6.46. The Labute approximate surface area is 118 Å². The molecule has 2 atom stereocenters. The minimum Gasteiger partial charge on any atom is -0.367 e. The molecule has 0 aromatic heterocycles. The van der Waals surface area contributed by atoms with Crippen LogP contribution in [0.25, 0.3) is 0 Å². The Morgan fingerprint density at radius 3 is 2.70 bits per heavy atom. The van der Waals surface area contributed by atoms with Crippen molar-refractivity contribution in [2.45, 2.75) is 18.8 Å². The van der Waals surface area contributed by atoms with Crippen LogP contribution in [0.15, 0.2) is 55.1 Å². The van der Waals surface area contributed by atoms with Crippen LogP contribution < -0.4 is 0 Å². The average Bonchev–Trinajstić information content (AvgIpc) is 2.49. The minimum absolute atomic E-state index is 0.193. The Kier molecular flexibility index (Phi) is 4.85. The molecular formula is C16H17NO3. The first-order chi connectivity index (χ1) is 9.76. The van der Waals surface area contributed by atoms with Crippen molar-refractivity contribution in [2.24, 2.45) is 0 Å². The van der Waals surface area contributed by atoms with Crippen molar-refractivity contribution < 1.29 is 14.3 Å². The lowest BCUT2D eigenvalue weighted by atomic mass is 10.1. The number of hydrogen-bond acceptors (Lipinski definition) is 3. The summed E-state index contributed by atoms with van der Waals surface area (Å²) in [6, 6.07) is 9.10. The maximum absolute atomic E-state index is 11.8. The Bertz CT molecular complexity index is 510. The predicted octanol–water partition coefficient (Wildman–Crippen LogP) is 1.72. The van der Waals surface area contributed by atoms with Gasteiger partial charge in [0.15, 0.2) is 0 Å². The molecule has 4 nitrogen and oxygen atoms in total. The molecule has 4 heteroatoms. The molecule has 0 spiro atoms. The second-order valence-corrected chi connectivity index (χ2v) is 4.53. The van der Waals surface area contributed by atoms with Crippen molar-refractivity contribution >= 4 is 12.2 Å². The lowest BCUT2D eigenvalue weighted by Gasteiger charge is -2.33. The average molecular weight is 271 g/mol. The number of amides is 1. The quantitative estimate of drug-likeness (QED) is 0.584. The molecule has 0 N–H and O–H groups in total. The van der Waals surface area contributed by atoms with Gasteiger partial charge in [0.2, 0.25) is 5.91 Å².